The minimum Gasteiger partial charge on any atom is -0.341 e. The average molecular weight is 237 g/mol. The third-order valence-corrected chi connectivity index (χ3v) is 2.98. The SMILES string of the molecule is CCn1nc(C(=O)NC(C)C(C)=O)c(C)c1C. The normalized spacial score (nSPS) is 12.3. The van der Waals surface area contributed by atoms with Crippen molar-refractivity contribution in [1.29, 1.82) is 0 Å². The molecule has 0 radical (unpaired) electrons. The van der Waals surface area contributed by atoms with Crippen molar-refractivity contribution in [2.45, 2.75) is 47.2 Å². The minimum atomic E-state index is -0.478. The predicted molar refractivity (Wildman–Crippen MR) is 65.0 cm³/mol. The Hall–Kier alpha value is -1.65. The second-order valence-corrected chi connectivity index (χ2v) is 4.18. The summed E-state index contributed by atoms with van der Waals surface area (Å²) in [7, 11) is 0. The molecule has 0 fully saturated rings. The van der Waals surface area contributed by atoms with Gasteiger partial charge in [0.1, 0.15) is 0 Å². The zero-order valence-electron chi connectivity index (χ0n) is 11.0. The molecule has 5 heteroatoms. The van der Waals surface area contributed by atoms with Gasteiger partial charge in [0, 0.05) is 17.8 Å². The van der Waals surface area contributed by atoms with Crippen molar-refractivity contribution in [3.8, 4) is 0 Å². The maximum atomic E-state index is 11.9. The smallest absolute Gasteiger partial charge is 0.272 e. The van der Waals surface area contributed by atoms with Crippen molar-refractivity contribution in [1.82, 2.24) is 15.1 Å². The maximum absolute atomic E-state index is 11.9. The molecule has 17 heavy (non-hydrogen) atoms. The number of hydrogen-bond donors (Lipinski definition) is 1. The fourth-order valence-corrected chi connectivity index (χ4v) is 1.53. The van der Waals surface area contributed by atoms with E-state index in [0.29, 0.717) is 5.69 Å². The Labute approximate surface area is 101 Å². The van der Waals surface area contributed by atoms with Crippen molar-refractivity contribution < 1.29 is 9.59 Å². The van der Waals surface area contributed by atoms with Gasteiger partial charge < -0.3 is 5.32 Å². The van der Waals surface area contributed by atoms with E-state index >= 15 is 0 Å². The number of hydrogen-bond acceptors (Lipinski definition) is 3. The zero-order chi connectivity index (χ0) is 13.2. The molecule has 0 bridgehead atoms. The number of nitrogens with one attached hydrogen (secondary N) is 1. The lowest BCUT2D eigenvalue weighted by atomic mass is 10.2. The Balaban J connectivity index is 2.93. The first-order chi connectivity index (χ1) is 7.88. The highest BCUT2D eigenvalue weighted by molar-refractivity contribution is 5.97. The molecule has 0 aliphatic rings. The van der Waals surface area contributed by atoms with Crippen LogP contribution in [0.2, 0.25) is 0 Å². The summed E-state index contributed by atoms with van der Waals surface area (Å²) in [6.07, 6.45) is 0. The van der Waals surface area contributed by atoms with Crippen LogP contribution >= 0.6 is 0 Å². The monoisotopic (exact) mass is 237 g/mol. The first kappa shape index (κ1) is 13.4. The molecule has 1 rings (SSSR count). The van der Waals surface area contributed by atoms with E-state index in [1.54, 1.807) is 11.6 Å². The van der Waals surface area contributed by atoms with E-state index in [-0.39, 0.29) is 11.7 Å². The summed E-state index contributed by atoms with van der Waals surface area (Å²) >= 11 is 0. The summed E-state index contributed by atoms with van der Waals surface area (Å²) in [6.45, 7) is 9.60. The van der Waals surface area contributed by atoms with Crippen LogP contribution < -0.4 is 5.32 Å². The molecule has 0 aromatic carbocycles. The minimum absolute atomic E-state index is 0.0670. The number of Topliss-reactive ketones (excluding diaryl/α,β-unsaturated/α-hetero) is 1. The third kappa shape index (κ3) is 2.72. The van der Waals surface area contributed by atoms with Crippen LogP contribution in [-0.2, 0) is 11.3 Å². The van der Waals surface area contributed by atoms with Gasteiger partial charge in [-0.15, -0.1) is 0 Å². The van der Waals surface area contributed by atoms with E-state index in [1.807, 2.05) is 20.8 Å². The summed E-state index contributed by atoms with van der Waals surface area (Å²) in [5.41, 5.74) is 2.24. The Morgan fingerprint density at radius 1 is 1.41 bits per heavy atom. The largest absolute Gasteiger partial charge is 0.341 e. The van der Waals surface area contributed by atoms with Gasteiger partial charge in [0.05, 0.1) is 6.04 Å². The van der Waals surface area contributed by atoms with E-state index in [1.165, 1.54) is 6.92 Å². The van der Waals surface area contributed by atoms with E-state index in [0.717, 1.165) is 17.8 Å². The predicted octanol–water partition coefficient (Wildman–Crippen LogP) is 1.23. The van der Waals surface area contributed by atoms with Crippen LogP contribution in [0.5, 0.6) is 0 Å². The highest BCUT2D eigenvalue weighted by atomic mass is 16.2. The number of carbonyl (C=O) groups excluding carboxylic acids is 2. The van der Waals surface area contributed by atoms with Crippen molar-refractivity contribution in [3.63, 3.8) is 0 Å². The van der Waals surface area contributed by atoms with Crippen LogP contribution in [0.3, 0.4) is 0 Å². The van der Waals surface area contributed by atoms with Crippen LogP contribution in [0.1, 0.15) is 42.5 Å². The maximum Gasteiger partial charge on any atom is 0.272 e. The summed E-state index contributed by atoms with van der Waals surface area (Å²) in [5.74, 6) is -0.358. The number of rotatable bonds is 4. The van der Waals surface area contributed by atoms with Crippen LogP contribution in [0.25, 0.3) is 0 Å². The molecule has 1 heterocycles. The van der Waals surface area contributed by atoms with Crippen molar-refractivity contribution >= 4 is 11.7 Å². The molecule has 1 N–H and O–H groups in total. The van der Waals surface area contributed by atoms with Gasteiger partial charge in [-0.2, -0.15) is 5.10 Å². The number of aromatic nitrogens is 2. The molecule has 0 spiro atoms. The molecule has 5 nitrogen and oxygen atoms in total. The Bertz CT molecular complexity index is 449. The number of amides is 1. The lowest BCUT2D eigenvalue weighted by Gasteiger charge is -2.09. The Kier molecular flexibility index (Phi) is 4.04. The zero-order valence-corrected chi connectivity index (χ0v) is 11.0. The Morgan fingerprint density at radius 3 is 2.41 bits per heavy atom. The molecule has 0 saturated carbocycles. The van der Waals surface area contributed by atoms with Gasteiger partial charge in [0.2, 0.25) is 0 Å². The van der Waals surface area contributed by atoms with E-state index < -0.39 is 6.04 Å². The van der Waals surface area contributed by atoms with Gasteiger partial charge in [-0.05, 0) is 34.6 Å². The molecule has 1 unspecified atom stereocenters. The molecule has 1 aromatic heterocycles. The first-order valence-electron chi connectivity index (χ1n) is 5.73. The number of nitrogens with zero attached hydrogens (tertiary/aromatic N) is 2. The van der Waals surface area contributed by atoms with Crippen molar-refractivity contribution in [3.05, 3.63) is 17.0 Å². The number of aryl methyl sites for hydroxylation is 1. The van der Waals surface area contributed by atoms with Gasteiger partial charge in [0.25, 0.3) is 5.91 Å². The lowest BCUT2D eigenvalue weighted by Crippen LogP contribution is -2.37. The van der Waals surface area contributed by atoms with E-state index in [9.17, 15) is 9.59 Å². The molecule has 0 aliphatic carbocycles. The molecule has 1 aromatic rings. The molecule has 0 aliphatic heterocycles. The van der Waals surface area contributed by atoms with Gasteiger partial charge in [-0.25, -0.2) is 0 Å². The Morgan fingerprint density at radius 2 is 2.00 bits per heavy atom. The molecular formula is C12H19N3O2. The van der Waals surface area contributed by atoms with Crippen LogP contribution in [0.15, 0.2) is 0 Å². The molecule has 0 saturated heterocycles. The van der Waals surface area contributed by atoms with Gasteiger partial charge >= 0.3 is 0 Å². The van der Waals surface area contributed by atoms with Crippen LogP contribution in [0.4, 0.5) is 0 Å². The van der Waals surface area contributed by atoms with Crippen molar-refractivity contribution in [2.24, 2.45) is 0 Å². The second-order valence-electron chi connectivity index (χ2n) is 4.18. The average Bonchev–Trinajstić information content (AvgIpc) is 2.55. The van der Waals surface area contributed by atoms with E-state index in [4.69, 9.17) is 0 Å². The van der Waals surface area contributed by atoms with Crippen LogP contribution in [0, 0.1) is 13.8 Å². The number of carbonyl (C=O) groups is 2. The van der Waals surface area contributed by atoms with Gasteiger partial charge in [-0.1, -0.05) is 0 Å². The quantitative estimate of drug-likeness (QED) is 0.856. The van der Waals surface area contributed by atoms with E-state index in [2.05, 4.69) is 10.4 Å². The van der Waals surface area contributed by atoms with Crippen LogP contribution in [-0.4, -0.2) is 27.5 Å². The highest BCUT2D eigenvalue weighted by Gasteiger charge is 2.19. The molecule has 1 atom stereocenters. The molecular weight excluding hydrogens is 218 g/mol. The first-order valence-corrected chi connectivity index (χ1v) is 5.73. The summed E-state index contributed by atoms with van der Waals surface area (Å²) in [5, 5.41) is 6.87. The highest BCUT2D eigenvalue weighted by Crippen LogP contribution is 2.12. The summed E-state index contributed by atoms with van der Waals surface area (Å²) < 4.78 is 1.78. The van der Waals surface area contributed by atoms with Crippen molar-refractivity contribution in [2.75, 3.05) is 0 Å². The van der Waals surface area contributed by atoms with Gasteiger partial charge in [-0.3, -0.25) is 14.3 Å². The summed E-state index contributed by atoms with van der Waals surface area (Å²) in [4.78, 5) is 23.0. The fourth-order valence-electron chi connectivity index (χ4n) is 1.53. The molecule has 94 valence electrons. The second kappa shape index (κ2) is 5.12. The fraction of sp³-hybridized carbons (Fsp3) is 0.583. The number of ketones is 1. The standard InChI is InChI=1S/C12H19N3O2/c1-6-15-9(4)7(2)11(14-15)12(17)13-8(3)10(5)16/h8H,6H2,1-5H3,(H,13,17). The summed E-state index contributed by atoms with van der Waals surface area (Å²) in [6, 6.07) is -0.478. The van der Waals surface area contributed by atoms with Gasteiger partial charge in [0.15, 0.2) is 11.5 Å². The lowest BCUT2D eigenvalue weighted by molar-refractivity contribution is -0.118. The molecule has 1 amide bonds. The topological polar surface area (TPSA) is 64.0 Å². The third-order valence-electron chi connectivity index (χ3n) is 2.98.